The Bertz CT molecular complexity index is 1600. The van der Waals surface area contributed by atoms with E-state index in [9.17, 15) is 31.5 Å². The van der Waals surface area contributed by atoms with E-state index in [4.69, 9.17) is 9.90 Å². The molecule has 0 bridgehead atoms. The van der Waals surface area contributed by atoms with E-state index in [1.54, 1.807) is 24.4 Å². The van der Waals surface area contributed by atoms with E-state index in [1.165, 1.54) is 25.3 Å². The van der Waals surface area contributed by atoms with Crippen molar-refractivity contribution in [2.45, 2.75) is 16.8 Å². The molecular formula is C26H20F3NO7S. The number of aliphatic carboxylic acids is 1. The number of carbonyl (C=O) groups excluding carboxylic acids is 1. The summed E-state index contributed by atoms with van der Waals surface area (Å²) >= 11 is 0. The molecule has 0 saturated carbocycles. The number of ether oxygens (including phenoxy) is 1. The fraction of sp³-hybridized carbons (Fsp3) is 0.115. The molecule has 0 aliphatic rings. The first-order valence-corrected chi connectivity index (χ1v) is 12.4. The first kappa shape index (κ1) is 28.1. The van der Waals surface area contributed by atoms with Crippen molar-refractivity contribution < 1.29 is 46.1 Å². The van der Waals surface area contributed by atoms with Gasteiger partial charge < -0.3 is 14.9 Å². The number of pyridine rings is 1. The molecule has 0 unspecified atom stereocenters. The van der Waals surface area contributed by atoms with Gasteiger partial charge in [-0.15, -0.1) is 0 Å². The molecular weight excluding hydrogens is 527 g/mol. The number of carboxylic acids is 1. The number of benzene rings is 3. The molecule has 0 atom stereocenters. The van der Waals surface area contributed by atoms with Crippen LogP contribution >= 0.6 is 0 Å². The average Bonchev–Trinajstić information content (AvgIpc) is 2.87. The lowest BCUT2D eigenvalue weighted by Crippen LogP contribution is -2.21. The molecule has 2 N–H and O–H groups in total. The van der Waals surface area contributed by atoms with Crippen LogP contribution in [0.4, 0.5) is 13.2 Å². The molecule has 0 aliphatic carbocycles. The number of rotatable bonds is 5. The highest BCUT2D eigenvalue weighted by molar-refractivity contribution is 7.90. The van der Waals surface area contributed by atoms with Gasteiger partial charge in [0.2, 0.25) is 0 Å². The second-order valence-corrected chi connectivity index (χ2v) is 9.83. The summed E-state index contributed by atoms with van der Waals surface area (Å²) in [6.45, 7) is 0. The van der Waals surface area contributed by atoms with Gasteiger partial charge in [-0.3, -0.25) is 4.98 Å². The summed E-state index contributed by atoms with van der Waals surface area (Å²) in [5.41, 5.74) is 2.88. The number of methoxy groups -OCH3 is 1. The molecule has 4 aromatic rings. The number of carboxylic acid groups (broad SMARTS) is 1. The molecule has 1 heterocycles. The lowest BCUT2D eigenvalue weighted by atomic mass is 10.0. The molecule has 0 radical (unpaired) electrons. The van der Waals surface area contributed by atoms with Crippen LogP contribution in [-0.2, 0) is 25.1 Å². The second-order valence-electron chi connectivity index (χ2n) is 7.84. The lowest BCUT2D eigenvalue weighted by Gasteiger charge is -2.09. The number of halogens is 3. The van der Waals surface area contributed by atoms with Crippen molar-refractivity contribution in [2.75, 3.05) is 7.11 Å². The molecule has 3 aromatic carbocycles. The molecule has 38 heavy (non-hydrogen) atoms. The summed E-state index contributed by atoms with van der Waals surface area (Å²) in [4.78, 5) is 25.0. The highest BCUT2D eigenvalue weighted by Crippen LogP contribution is 2.28. The second kappa shape index (κ2) is 11.3. The van der Waals surface area contributed by atoms with E-state index >= 15 is 0 Å². The van der Waals surface area contributed by atoms with Crippen LogP contribution in [0.5, 0.6) is 5.75 Å². The summed E-state index contributed by atoms with van der Waals surface area (Å²) in [6.07, 6.45) is -3.36. The van der Waals surface area contributed by atoms with Gasteiger partial charge in [0.05, 0.1) is 23.3 Å². The number of aromatic nitrogens is 1. The van der Waals surface area contributed by atoms with Gasteiger partial charge in [0.1, 0.15) is 11.3 Å². The number of phenols is 1. The first-order chi connectivity index (χ1) is 17.8. The monoisotopic (exact) mass is 547 g/mol. The zero-order valence-electron chi connectivity index (χ0n) is 19.6. The predicted octanol–water partition coefficient (Wildman–Crippen LogP) is 5.00. The normalized spacial score (nSPS) is 11.4. The number of carbonyl (C=O) groups is 2. The molecule has 0 fully saturated rings. The fourth-order valence-corrected chi connectivity index (χ4v) is 4.75. The predicted molar refractivity (Wildman–Crippen MR) is 131 cm³/mol. The number of esters is 1. The smallest absolute Gasteiger partial charge is 0.490 e. The Labute approximate surface area is 214 Å². The molecule has 0 amide bonds. The van der Waals surface area contributed by atoms with Crippen molar-refractivity contribution in [2.24, 2.45) is 0 Å². The minimum absolute atomic E-state index is 0.0172. The van der Waals surface area contributed by atoms with Crippen LogP contribution in [0.1, 0.15) is 15.9 Å². The van der Waals surface area contributed by atoms with Gasteiger partial charge in [-0.2, -0.15) is 13.2 Å². The van der Waals surface area contributed by atoms with E-state index in [1.807, 2.05) is 36.4 Å². The van der Waals surface area contributed by atoms with Crippen LogP contribution in [-0.4, -0.2) is 48.8 Å². The van der Waals surface area contributed by atoms with Crippen LogP contribution in [0.15, 0.2) is 83.9 Å². The largest absolute Gasteiger partial charge is 0.507 e. The molecule has 4 rings (SSSR count). The zero-order valence-corrected chi connectivity index (χ0v) is 20.5. The molecule has 0 aliphatic heterocycles. The van der Waals surface area contributed by atoms with E-state index in [2.05, 4.69) is 9.72 Å². The van der Waals surface area contributed by atoms with Gasteiger partial charge in [0.25, 0.3) is 0 Å². The van der Waals surface area contributed by atoms with Gasteiger partial charge in [0.15, 0.2) is 9.84 Å². The van der Waals surface area contributed by atoms with Gasteiger partial charge in [-0.1, -0.05) is 30.3 Å². The van der Waals surface area contributed by atoms with E-state index in [0.29, 0.717) is 5.56 Å². The number of fused-ring (bicyclic) bond motifs is 1. The number of sulfone groups is 1. The minimum atomic E-state index is -5.08. The third-order valence-corrected chi connectivity index (χ3v) is 6.88. The molecule has 0 saturated heterocycles. The van der Waals surface area contributed by atoms with Crippen molar-refractivity contribution in [3.05, 3.63) is 90.1 Å². The van der Waals surface area contributed by atoms with Crippen molar-refractivity contribution in [3.63, 3.8) is 0 Å². The first-order valence-electron chi connectivity index (χ1n) is 10.7. The quantitative estimate of drug-likeness (QED) is 0.334. The van der Waals surface area contributed by atoms with Gasteiger partial charge in [-0.05, 0) is 59.2 Å². The zero-order chi connectivity index (χ0) is 28.1. The Kier molecular flexibility index (Phi) is 8.36. The Balaban J connectivity index is 0.000000505. The molecule has 198 valence electrons. The van der Waals surface area contributed by atoms with Crippen LogP contribution < -0.4 is 0 Å². The number of phenolic OH excluding ortho intramolecular Hbond substituents is 1. The molecule has 1 aromatic heterocycles. The number of aromatic hydroxyl groups is 1. The van der Waals surface area contributed by atoms with Gasteiger partial charge >= 0.3 is 18.1 Å². The SMILES string of the molecule is COC(=O)c1ccc(CS(=O)(=O)c2cccc(-c3ccc4ncccc4c3)c2)cc1O.O=C(O)C(F)(F)F. The Morgan fingerprint density at radius 3 is 2.26 bits per heavy atom. The fourth-order valence-electron chi connectivity index (χ4n) is 3.38. The van der Waals surface area contributed by atoms with Gasteiger partial charge in [0, 0.05) is 11.6 Å². The highest BCUT2D eigenvalue weighted by atomic mass is 32.2. The number of alkyl halides is 3. The van der Waals surface area contributed by atoms with Crippen LogP contribution in [0.25, 0.3) is 22.0 Å². The molecule has 12 heteroatoms. The topological polar surface area (TPSA) is 131 Å². The van der Waals surface area contributed by atoms with Crippen molar-refractivity contribution >= 4 is 32.7 Å². The summed E-state index contributed by atoms with van der Waals surface area (Å²) in [7, 11) is -2.47. The third-order valence-electron chi connectivity index (χ3n) is 5.20. The lowest BCUT2D eigenvalue weighted by molar-refractivity contribution is -0.192. The summed E-state index contributed by atoms with van der Waals surface area (Å²) in [5.74, 6) is -4.08. The Morgan fingerprint density at radius 2 is 1.63 bits per heavy atom. The molecule has 8 nitrogen and oxygen atoms in total. The van der Waals surface area contributed by atoms with Crippen LogP contribution in [0.3, 0.4) is 0 Å². The van der Waals surface area contributed by atoms with E-state index < -0.39 is 28.0 Å². The Morgan fingerprint density at radius 1 is 0.947 bits per heavy atom. The minimum Gasteiger partial charge on any atom is -0.507 e. The maximum absolute atomic E-state index is 13.0. The average molecular weight is 548 g/mol. The summed E-state index contributed by atoms with van der Waals surface area (Å²) in [5, 5.41) is 18.1. The van der Waals surface area contributed by atoms with E-state index in [-0.39, 0.29) is 22.0 Å². The van der Waals surface area contributed by atoms with Crippen molar-refractivity contribution in [1.82, 2.24) is 4.98 Å². The maximum atomic E-state index is 13.0. The number of hydrogen-bond donors (Lipinski definition) is 2. The third kappa shape index (κ3) is 6.85. The summed E-state index contributed by atoms with van der Waals surface area (Å²) in [6, 6.07) is 20.4. The maximum Gasteiger partial charge on any atom is 0.490 e. The van der Waals surface area contributed by atoms with E-state index in [0.717, 1.165) is 22.0 Å². The number of hydrogen-bond acceptors (Lipinski definition) is 7. The highest BCUT2D eigenvalue weighted by Gasteiger charge is 2.38. The van der Waals surface area contributed by atoms with Crippen LogP contribution in [0.2, 0.25) is 0 Å². The van der Waals surface area contributed by atoms with Crippen molar-refractivity contribution in [1.29, 1.82) is 0 Å². The Hall–Kier alpha value is -4.45. The summed E-state index contributed by atoms with van der Waals surface area (Å²) < 4.78 is 62.3. The van der Waals surface area contributed by atoms with Crippen molar-refractivity contribution in [3.8, 4) is 16.9 Å². The van der Waals surface area contributed by atoms with Gasteiger partial charge in [-0.25, -0.2) is 18.0 Å². The standard InChI is InChI=1S/C24H19NO5S.C2HF3O2/c1-30-24(27)21-9-7-16(12-23(21)26)15-31(28,29)20-6-2-4-17(14-20)18-8-10-22-19(13-18)5-3-11-25-22;3-2(4,5)1(6)7/h2-14,26H,15H2,1H3;(H,6,7). The number of nitrogens with zero attached hydrogens (tertiary/aromatic N) is 1. The molecule has 0 spiro atoms. The van der Waals surface area contributed by atoms with Crippen LogP contribution in [0, 0.1) is 0 Å².